The first-order chi connectivity index (χ1) is 20.2. The maximum Gasteiger partial charge on any atom is 0.305 e. The van der Waals surface area contributed by atoms with Gasteiger partial charge in [-0.25, -0.2) is 27.1 Å². The summed E-state index contributed by atoms with van der Waals surface area (Å²) in [5.41, 5.74) is 12.2. The summed E-state index contributed by atoms with van der Waals surface area (Å²) in [4.78, 5) is 19.6. The van der Waals surface area contributed by atoms with Gasteiger partial charge >= 0.3 is 5.97 Å². The lowest BCUT2D eigenvalue weighted by atomic mass is 9.97. The van der Waals surface area contributed by atoms with Gasteiger partial charge in [0.1, 0.15) is 5.82 Å². The van der Waals surface area contributed by atoms with Gasteiger partial charge in [-0.3, -0.25) is 4.79 Å². The smallest absolute Gasteiger partial charge is 0.305 e. The zero-order chi connectivity index (χ0) is 32.6. The number of aliphatic carboxylic acids is 1. The molecule has 0 fully saturated rings. The number of carboxylic acid groups (broad SMARTS) is 1. The topological polar surface area (TPSA) is 211 Å². The van der Waals surface area contributed by atoms with E-state index in [1.165, 1.54) is 43.5 Å². The van der Waals surface area contributed by atoms with E-state index in [1.54, 1.807) is 0 Å². The number of ether oxygens (including phenoxy) is 2. The number of sulfonamides is 1. The number of aromatic nitrogens is 2. The monoisotopic (exact) mass is 629 g/mol. The first-order valence-corrected chi connectivity index (χ1v) is 15.5. The number of carboxylic acids is 1. The molecule has 2 aromatic rings. The van der Waals surface area contributed by atoms with Crippen LogP contribution in [0.2, 0.25) is 0 Å². The Kier molecular flexibility index (Phi) is 17.0. The molecule has 0 aliphatic carbocycles. The predicted octanol–water partition coefficient (Wildman–Crippen LogP) is 1.34. The Labute approximate surface area is 252 Å². The first kappa shape index (κ1) is 38.0. The molecule has 43 heavy (non-hydrogen) atoms. The summed E-state index contributed by atoms with van der Waals surface area (Å²) >= 11 is 0. The number of halogens is 1. The molecule has 7 N–H and O–H groups in total. The van der Waals surface area contributed by atoms with E-state index in [0.717, 1.165) is 10.6 Å². The first-order valence-electron chi connectivity index (χ1n) is 13.6. The highest BCUT2D eigenvalue weighted by Gasteiger charge is 2.22. The second-order valence-electron chi connectivity index (χ2n) is 9.78. The van der Waals surface area contributed by atoms with E-state index in [1.807, 2.05) is 13.8 Å². The van der Waals surface area contributed by atoms with Crippen molar-refractivity contribution in [2.45, 2.75) is 44.8 Å². The number of anilines is 1. The van der Waals surface area contributed by atoms with E-state index in [2.05, 4.69) is 9.97 Å². The molecule has 0 aliphatic rings. The highest BCUT2D eigenvalue weighted by molar-refractivity contribution is 7.92. The predicted molar refractivity (Wildman–Crippen MR) is 162 cm³/mol. The van der Waals surface area contributed by atoms with Crippen LogP contribution in [-0.4, -0.2) is 105 Å². The molecule has 0 radical (unpaired) electrons. The summed E-state index contributed by atoms with van der Waals surface area (Å²) in [6, 6.07) is 5.49. The third kappa shape index (κ3) is 14.3. The number of hydrogen-bond acceptors (Lipinski definition) is 11. The highest BCUT2D eigenvalue weighted by Crippen LogP contribution is 2.31. The maximum absolute atomic E-state index is 13.5. The van der Waals surface area contributed by atoms with E-state index < -0.39 is 40.4 Å². The van der Waals surface area contributed by atoms with Crippen molar-refractivity contribution >= 4 is 28.0 Å². The Morgan fingerprint density at radius 2 is 1.60 bits per heavy atom. The average Bonchev–Trinajstić information content (AvgIpc) is 2.92. The molecule has 2 rings (SSSR count). The minimum atomic E-state index is -3.65. The van der Waals surface area contributed by atoms with Crippen molar-refractivity contribution in [2.75, 3.05) is 57.1 Å². The van der Waals surface area contributed by atoms with Crippen LogP contribution in [0.4, 0.5) is 10.3 Å². The lowest BCUT2D eigenvalue weighted by molar-refractivity contribution is -0.139. The number of aliphatic hydroxyl groups excluding tert-OH is 2. The Morgan fingerprint density at radius 3 is 2.07 bits per heavy atom. The number of nitrogens with two attached hydrogens (primary N) is 2. The zero-order valence-electron chi connectivity index (χ0n) is 25.0. The quantitative estimate of drug-likeness (QED) is 0.157. The van der Waals surface area contributed by atoms with Crippen molar-refractivity contribution in [3.05, 3.63) is 47.4 Å². The SMILES string of the molecule is CC(C)c1nc(N(C)S(C)(=O)=O)nc(-c2ccc(F)cc2)c1/C=C/[C@@H](O)C[C@@H](O)CC(=O)O.NCCOCCOCCN. The Hall–Kier alpha value is -3.05. The number of aliphatic hydroxyl groups is 2. The molecule has 13 nitrogen and oxygen atoms in total. The van der Waals surface area contributed by atoms with Crippen molar-refractivity contribution < 1.29 is 42.4 Å². The van der Waals surface area contributed by atoms with Crippen LogP contribution in [0, 0.1) is 5.82 Å². The van der Waals surface area contributed by atoms with Crippen molar-refractivity contribution in [2.24, 2.45) is 11.5 Å². The fourth-order valence-corrected chi connectivity index (χ4v) is 3.91. The van der Waals surface area contributed by atoms with Crippen LogP contribution >= 0.6 is 0 Å². The lowest BCUT2D eigenvalue weighted by Crippen LogP contribution is -2.27. The van der Waals surface area contributed by atoms with E-state index in [9.17, 15) is 27.8 Å². The van der Waals surface area contributed by atoms with Crippen LogP contribution in [0.5, 0.6) is 0 Å². The minimum absolute atomic E-state index is 0.0601. The number of rotatable bonds is 17. The van der Waals surface area contributed by atoms with Gasteiger partial charge in [-0.1, -0.05) is 26.0 Å². The van der Waals surface area contributed by atoms with Crippen molar-refractivity contribution in [1.82, 2.24) is 9.97 Å². The standard InChI is InChI=1S/C22H28FN3O6S.C6H16N2O2/c1-13(2)20-18(10-9-16(27)11-17(28)12-19(29)30)21(14-5-7-15(23)8-6-14)25-22(24-20)26(3)33(4,31)32;7-1-3-9-5-6-10-4-2-8/h5-10,13,16-17,27-28H,11-12H2,1-4H3,(H,29,30);1-8H2/b10-9+;/t16-,17-;/m1./s1. The molecule has 0 spiro atoms. The fourth-order valence-electron chi connectivity index (χ4n) is 3.53. The molecule has 0 unspecified atom stereocenters. The molecular weight excluding hydrogens is 585 g/mol. The van der Waals surface area contributed by atoms with Gasteiger partial charge in [0.05, 0.1) is 62.7 Å². The summed E-state index contributed by atoms with van der Waals surface area (Å²) in [6.07, 6.45) is 0.860. The fraction of sp³-hybridized carbons (Fsp3) is 0.536. The largest absolute Gasteiger partial charge is 0.481 e. The van der Waals surface area contributed by atoms with Gasteiger partial charge in [0, 0.05) is 37.7 Å². The van der Waals surface area contributed by atoms with E-state index in [-0.39, 0.29) is 18.3 Å². The molecular formula is C28H44FN5O8S. The number of nitrogens with zero attached hydrogens (tertiary/aromatic N) is 3. The van der Waals surface area contributed by atoms with Gasteiger partial charge in [-0.05, 0) is 30.2 Å². The minimum Gasteiger partial charge on any atom is -0.481 e. The molecule has 15 heteroatoms. The van der Waals surface area contributed by atoms with Gasteiger partial charge in [0.25, 0.3) is 0 Å². The van der Waals surface area contributed by atoms with E-state index >= 15 is 0 Å². The Morgan fingerprint density at radius 1 is 1.05 bits per heavy atom. The van der Waals surface area contributed by atoms with Crippen LogP contribution in [0.25, 0.3) is 17.3 Å². The van der Waals surface area contributed by atoms with Gasteiger partial charge in [-0.2, -0.15) is 0 Å². The summed E-state index contributed by atoms with van der Waals surface area (Å²) in [6.45, 7) is 7.26. The molecule has 1 aromatic carbocycles. The van der Waals surface area contributed by atoms with Crippen LogP contribution in [0.3, 0.4) is 0 Å². The van der Waals surface area contributed by atoms with E-state index in [4.69, 9.17) is 26.0 Å². The third-order valence-electron chi connectivity index (χ3n) is 5.71. The van der Waals surface area contributed by atoms with Crippen LogP contribution in [-0.2, 0) is 24.3 Å². The molecule has 1 aromatic heterocycles. The van der Waals surface area contributed by atoms with Gasteiger partial charge in [-0.15, -0.1) is 0 Å². The third-order valence-corrected chi connectivity index (χ3v) is 6.87. The van der Waals surface area contributed by atoms with Crippen molar-refractivity contribution in [3.8, 4) is 11.3 Å². The molecule has 0 aliphatic heterocycles. The summed E-state index contributed by atoms with van der Waals surface area (Å²) in [5.74, 6) is -1.87. The van der Waals surface area contributed by atoms with Crippen LogP contribution < -0.4 is 15.8 Å². The average molecular weight is 630 g/mol. The molecule has 242 valence electrons. The zero-order valence-corrected chi connectivity index (χ0v) is 25.8. The van der Waals surface area contributed by atoms with Crippen LogP contribution in [0.15, 0.2) is 30.3 Å². The molecule has 0 saturated heterocycles. The van der Waals surface area contributed by atoms with Gasteiger partial charge in [0.2, 0.25) is 16.0 Å². The molecule has 0 amide bonds. The normalized spacial score (nSPS) is 13.1. The Bertz CT molecular complexity index is 1250. The van der Waals surface area contributed by atoms with Gasteiger partial charge < -0.3 is 36.3 Å². The van der Waals surface area contributed by atoms with E-state index in [0.29, 0.717) is 62.0 Å². The number of benzene rings is 1. The van der Waals surface area contributed by atoms with Crippen LogP contribution in [0.1, 0.15) is 43.9 Å². The second-order valence-corrected chi connectivity index (χ2v) is 11.8. The number of carbonyl (C=O) groups is 1. The molecule has 0 bridgehead atoms. The summed E-state index contributed by atoms with van der Waals surface area (Å²) < 4.78 is 48.7. The lowest BCUT2D eigenvalue weighted by Gasteiger charge is -2.20. The molecule has 1 heterocycles. The number of hydrogen-bond donors (Lipinski definition) is 5. The maximum atomic E-state index is 13.5. The van der Waals surface area contributed by atoms with Gasteiger partial charge in [0.15, 0.2) is 0 Å². The van der Waals surface area contributed by atoms with Crippen molar-refractivity contribution in [1.29, 1.82) is 0 Å². The summed E-state index contributed by atoms with van der Waals surface area (Å²) in [7, 11) is -2.33. The Balaban J connectivity index is 0.000000790. The summed E-state index contributed by atoms with van der Waals surface area (Å²) in [5, 5.41) is 28.8. The highest BCUT2D eigenvalue weighted by atomic mass is 32.2. The second kappa shape index (κ2) is 19.3. The molecule has 0 saturated carbocycles. The molecule has 2 atom stereocenters. The van der Waals surface area contributed by atoms with Crippen molar-refractivity contribution in [3.63, 3.8) is 0 Å².